The van der Waals surface area contributed by atoms with Gasteiger partial charge in [-0.25, -0.2) is 4.98 Å². The highest BCUT2D eigenvalue weighted by molar-refractivity contribution is 7.80. The number of thiazole rings is 1. The predicted octanol–water partition coefficient (Wildman–Crippen LogP) is 2.08. The molecule has 1 saturated heterocycles. The standard InChI is InChI=1S/C11H9ClN4OS2/c1-14-7(9(17)15(2)11(14)18)5-6-8(12)13-10-16(6)3-4-19-10/h3-5H,1-2H3. The van der Waals surface area contributed by atoms with Gasteiger partial charge in [0, 0.05) is 25.7 Å². The minimum atomic E-state index is -0.145. The number of hydrogen-bond donors (Lipinski definition) is 0. The van der Waals surface area contributed by atoms with Crippen LogP contribution >= 0.6 is 35.2 Å². The molecule has 8 heteroatoms. The zero-order chi connectivity index (χ0) is 13.7. The summed E-state index contributed by atoms with van der Waals surface area (Å²) in [5.41, 5.74) is 1.17. The van der Waals surface area contributed by atoms with Gasteiger partial charge in [0.05, 0.1) is 5.69 Å². The van der Waals surface area contributed by atoms with Crippen molar-refractivity contribution >= 4 is 57.2 Å². The first-order valence-corrected chi connectivity index (χ1v) is 7.06. The third-order valence-corrected chi connectivity index (χ3v) is 4.57. The summed E-state index contributed by atoms with van der Waals surface area (Å²) in [6.45, 7) is 0. The molecular formula is C11H9ClN4OS2. The van der Waals surface area contributed by atoms with E-state index >= 15 is 0 Å². The van der Waals surface area contributed by atoms with E-state index in [-0.39, 0.29) is 5.91 Å². The number of amides is 1. The van der Waals surface area contributed by atoms with Crippen LogP contribution in [0.1, 0.15) is 5.69 Å². The summed E-state index contributed by atoms with van der Waals surface area (Å²) in [6, 6.07) is 0. The number of hydrogen-bond acceptors (Lipinski definition) is 4. The Morgan fingerprint density at radius 1 is 1.42 bits per heavy atom. The summed E-state index contributed by atoms with van der Waals surface area (Å²) in [4.78, 5) is 20.2. The summed E-state index contributed by atoms with van der Waals surface area (Å²) in [7, 11) is 3.41. The second kappa shape index (κ2) is 4.29. The lowest BCUT2D eigenvalue weighted by molar-refractivity contribution is -0.121. The number of fused-ring (bicyclic) bond motifs is 1. The van der Waals surface area contributed by atoms with Gasteiger partial charge in [0.2, 0.25) is 0 Å². The van der Waals surface area contributed by atoms with E-state index in [9.17, 15) is 4.79 Å². The van der Waals surface area contributed by atoms with Gasteiger partial charge in [0.15, 0.2) is 15.2 Å². The van der Waals surface area contributed by atoms with Gasteiger partial charge in [0.1, 0.15) is 5.70 Å². The van der Waals surface area contributed by atoms with Crippen LogP contribution in [0.4, 0.5) is 0 Å². The predicted molar refractivity (Wildman–Crippen MR) is 79.2 cm³/mol. The zero-order valence-electron chi connectivity index (χ0n) is 10.1. The fraction of sp³-hybridized carbons (Fsp3) is 0.182. The lowest BCUT2D eigenvalue weighted by Gasteiger charge is -2.10. The average Bonchev–Trinajstić information content (AvgIpc) is 2.98. The largest absolute Gasteiger partial charge is 0.317 e. The Balaban J connectivity index is 2.16. The Kier molecular flexibility index (Phi) is 2.84. The highest BCUT2D eigenvalue weighted by Crippen LogP contribution is 2.26. The van der Waals surface area contributed by atoms with Gasteiger partial charge in [-0.3, -0.25) is 14.1 Å². The fourth-order valence-corrected chi connectivity index (χ4v) is 3.10. The molecule has 98 valence electrons. The number of aromatic nitrogens is 2. The van der Waals surface area contributed by atoms with Crippen molar-refractivity contribution in [2.24, 2.45) is 0 Å². The van der Waals surface area contributed by atoms with E-state index in [1.165, 1.54) is 16.2 Å². The van der Waals surface area contributed by atoms with E-state index in [0.717, 1.165) is 4.96 Å². The van der Waals surface area contributed by atoms with Crippen LogP contribution in [0.3, 0.4) is 0 Å². The molecule has 0 aromatic carbocycles. The highest BCUT2D eigenvalue weighted by Gasteiger charge is 2.33. The second-order valence-electron chi connectivity index (χ2n) is 4.08. The summed E-state index contributed by atoms with van der Waals surface area (Å²) < 4.78 is 1.85. The summed E-state index contributed by atoms with van der Waals surface area (Å²) in [5.74, 6) is -0.145. The molecule has 5 nitrogen and oxygen atoms in total. The molecule has 0 saturated carbocycles. The Morgan fingerprint density at radius 2 is 2.16 bits per heavy atom. The van der Waals surface area contributed by atoms with Crippen LogP contribution in [0, 0.1) is 0 Å². The minimum Gasteiger partial charge on any atom is -0.317 e. The second-order valence-corrected chi connectivity index (χ2v) is 5.67. The smallest absolute Gasteiger partial charge is 0.276 e. The molecule has 1 aliphatic rings. The normalized spacial score (nSPS) is 18.4. The number of carbonyl (C=O) groups is 1. The molecular weight excluding hydrogens is 304 g/mol. The molecule has 0 unspecified atom stereocenters. The molecule has 2 aromatic heterocycles. The Bertz CT molecular complexity index is 732. The SMILES string of the molecule is CN1C(=O)C(=Cc2c(Cl)nc3sccn23)N(C)C1=S. The fourth-order valence-electron chi connectivity index (χ4n) is 1.92. The van der Waals surface area contributed by atoms with Crippen molar-refractivity contribution < 1.29 is 4.79 Å². The molecule has 0 aliphatic carbocycles. The van der Waals surface area contributed by atoms with Crippen molar-refractivity contribution in [2.45, 2.75) is 0 Å². The van der Waals surface area contributed by atoms with Gasteiger partial charge in [-0.05, 0) is 18.3 Å². The molecule has 3 rings (SSSR count). The molecule has 2 aromatic rings. The maximum absolute atomic E-state index is 12.1. The third-order valence-electron chi connectivity index (χ3n) is 2.99. The van der Waals surface area contributed by atoms with Crippen molar-refractivity contribution in [1.29, 1.82) is 0 Å². The van der Waals surface area contributed by atoms with E-state index in [0.29, 0.717) is 21.7 Å². The molecule has 0 radical (unpaired) electrons. The van der Waals surface area contributed by atoms with Crippen molar-refractivity contribution in [3.63, 3.8) is 0 Å². The highest BCUT2D eigenvalue weighted by atomic mass is 35.5. The molecule has 1 fully saturated rings. The topological polar surface area (TPSA) is 40.9 Å². The van der Waals surface area contributed by atoms with Gasteiger partial charge in [0.25, 0.3) is 5.91 Å². The lowest BCUT2D eigenvalue weighted by Crippen LogP contribution is -2.26. The van der Waals surface area contributed by atoms with Crippen LogP contribution in [0.15, 0.2) is 17.3 Å². The van der Waals surface area contributed by atoms with Gasteiger partial charge >= 0.3 is 0 Å². The van der Waals surface area contributed by atoms with Crippen LogP contribution in [-0.4, -0.2) is 44.3 Å². The number of imidazole rings is 1. The van der Waals surface area contributed by atoms with E-state index in [1.807, 2.05) is 16.0 Å². The number of rotatable bonds is 1. The zero-order valence-corrected chi connectivity index (χ0v) is 12.5. The van der Waals surface area contributed by atoms with Crippen molar-refractivity contribution in [1.82, 2.24) is 19.2 Å². The van der Waals surface area contributed by atoms with Crippen molar-refractivity contribution in [2.75, 3.05) is 14.1 Å². The van der Waals surface area contributed by atoms with Crippen LogP contribution < -0.4 is 0 Å². The van der Waals surface area contributed by atoms with Crippen molar-refractivity contribution in [3.8, 4) is 0 Å². The van der Waals surface area contributed by atoms with Crippen molar-refractivity contribution in [3.05, 3.63) is 28.1 Å². The van der Waals surface area contributed by atoms with Gasteiger partial charge in [-0.1, -0.05) is 11.6 Å². The van der Waals surface area contributed by atoms with Gasteiger partial charge in [-0.2, -0.15) is 0 Å². The average molecular weight is 313 g/mol. The Hall–Kier alpha value is -1.44. The van der Waals surface area contributed by atoms with Gasteiger partial charge < -0.3 is 4.90 Å². The molecule has 1 aliphatic heterocycles. The Labute approximate surface area is 123 Å². The lowest BCUT2D eigenvalue weighted by atomic mass is 10.3. The minimum absolute atomic E-state index is 0.145. The first-order valence-electron chi connectivity index (χ1n) is 5.39. The first kappa shape index (κ1) is 12.6. The maximum atomic E-state index is 12.1. The van der Waals surface area contributed by atoms with E-state index in [2.05, 4.69) is 4.98 Å². The summed E-state index contributed by atoms with van der Waals surface area (Å²) in [6.07, 6.45) is 3.58. The molecule has 19 heavy (non-hydrogen) atoms. The number of likely N-dealkylation sites (N-methyl/N-ethyl adjacent to an activating group) is 2. The quantitative estimate of drug-likeness (QED) is 0.597. The third kappa shape index (κ3) is 1.77. The molecule has 3 heterocycles. The van der Waals surface area contributed by atoms with E-state index < -0.39 is 0 Å². The Morgan fingerprint density at radius 3 is 2.79 bits per heavy atom. The first-order chi connectivity index (χ1) is 9.00. The summed E-state index contributed by atoms with van der Waals surface area (Å²) in [5, 5.41) is 2.76. The van der Waals surface area contributed by atoms with Gasteiger partial charge in [-0.15, -0.1) is 11.3 Å². The van der Waals surface area contributed by atoms with Crippen LogP contribution in [0.25, 0.3) is 11.0 Å². The number of nitrogens with zero attached hydrogens (tertiary/aromatic N) is 4. The molecule has 0 spiro atoms. The molecule has 1 amide bonds. The van der Waals surface area contributed by atoms with E-state index in [1.54, 1.807) is 25.1 Å². The number of halogens is 1. The van der Waals surface area contributed by atoms with E-state index in [4.69, 9.17) is 23.8 Å². The number of thiocarbonyl (C=S) groups is 1. The van der Waals surface area contributed by atoms with Crippen LogP contribution in [-0.2, 0) is 4.79 Å². The summed E-state index contributed by atoms with van der Waals surface area (Å²) >= 11 is 12.8. The molecule has 0 atom stereocenters. The molecule has 0 N–H and O–H groups in total. The molecule has 0 bridgehead atoms. The van der Waals surface area contributed by atoms with Crippen LogP contribution in [0.5, 0.6) is 0 Å². The number of carbonyl (C=O) groups excluding carboxylic acids is 1. The van der Waals surface area contributed by atoms with Crippen LogP contribution in [0.2, 0.25) is 5.15 Å². The monoisotopic (exact) mass is 312 g/mol. The maximum Gasteiger partial charge on any atom is 0.276 e.